The van der Waals surface area contributed by atoms with E-state index in [0.29, 0.717) is 11.3 Å². The second-order valence-electron chi connectivity index (χ2n) is 6.08. The molecule has 1 aromatic heterocycles. The first-order valence-electron chi connectivity index (χ1n) is 7.70. The van der Waals surface area contributed by atoms with Gasteiger partial charge in [0.2, 0.25) is 5.88 Å². The van der Waals surface area contributed by atoms with Gasteiger partial charge in [-0.3, -0.25) is 4.98 Å². The summed E-state index contributed by atoms with van der Waals surface area (Å²) in [7, 11) is 0. The smallest absolute Gasteiger partial charge is 0.234 e. The van der Waals surface area contributed by atoms with Gasteiger partial charge in [-0.1, -0.05) is 24.3 Å². The molecular weight excluding hydrogens is 278 g/mol. The summed E-state index contributed by atoms with van der Waals surface area (Å²) in [5.41, 5.74) is 3.19. The number of ether oxygens (including phenoxy) is 1. The minimum atomic E-state index is -0.0217. The standard InChI is InChI=1S/C17H19N3O2/c21-7-8-22-16-10-18-9-15(19-16)20-11-13-3-1-2-4-14(13)17(12-20)5-6-17/h1-4,9-10,21H,5-8,11-12H2. The Morgan fingerprint density at radius 2 is 2.09 bits per heavy atom. The van der Waals surface area contributed by atoms with Crippen LogP contribution < -0.4 is 9.64 Å². The lowest BCUT2D eigenvalue weighted by Gasteiger charge is -2.35. The number of aromatic nitrogens is 2. The summed E-state index contributed by atoms with van der Waals surface area (Å²) in [4.78, 5) is 11.0. The van der Waals surface area contributed by atoms with Crippen molar-refractivity contribution in [1.82, 2.24) is 9.97 Å². The highest BCUT2D eigenvalue weighted by Gasteiger charge is 2.49. The van der Waals surface area contributed by atoms with Gasteiger partial charge in [0.1, 0.15) is 6.61 Å². The number of fused-ring (bicyclic) bond motifs is 2. The number of hydrogen-bond acceptors (Lipinski definition) is 5. The van der Waals surface area contributed by atoms with Crippen molar-refractivity contribution < 1.29 is 9.84 Å². The van der Waals surface area contributed by atoms with Crippen LogP contribution in [0.5, 0.6) is 5.88 Å². The molecule has 0 bridgehead atoms. The van der Waals surface area contributed by atoms with E-state index in [2.05, 4.69) is 39.1 Å². The van der Waals surface area contributed by atoms with E-state index in [-0.39, 0.29) is 13.2 Å². The third kappa shape index (κ3) is 2.31. The Hall–Kier alpha value is -2.14. The summed E-state index contributed by atoms with van der Waals surface area (Å²) < 4.78 is 5.37. The zero-order chi connectivity index (χ0) is 15.0. The van der Waals surface area contributed by atoms with Gasteiger partial charge in [-0.25, -0.2) is 0 Å². The molecule has 2 aliphatic rings. The number of nitrogens with zero attached hydrogens (tertiary/aromatic N) is 3. The van der Waals surface area contributed by atoms with E-state index in [0.717, 1.165) is 18.9 Å². The van der Waals surface area contributed by atoms with Crippen LogP contribution >= 0.6 is 0 Å². The van der Waals surface area contributed by atoms with Gasteiger partial charge in [-0.05, 0) is 24.0 Å². The minimum Gasteiger partial charge on any atom is -0.474 e. The molecular formula is C17H19N3O2. The van der Waals surface area contributed by atoms with Crippen LogP contribution in [-0.4, -0.2) is 34.8 Å². The van der Waals surface area contributed by atoms with Gasteiger partial charge in [-0.2, -0.15) is 4.98 Å². The van der Waals surface area contributed by atoms with Crippen molar-refractivity contribution in [3.8, 4) is 5.88 Å². The van der Waals surface area contributed by atoms with E-state index in [4.69, 9.17) is 9.84 Å². The second kappa shape index (κ2) is 5.25. The van der Waals surface area contributed by atoms with Gasteiger partial charge in [0.05, 0.1) is 19.0 Å². The van der Waals surface area contributed by atoms with Crippen LogP contribution in [0.2, 0.25) is 0 Å². The number of anilines is 1. The molecule has 2 heterocycles. The first-order valence-corrected chi connectivity index (χ1v) is 7.70. The van der Waals surface area contributed by atoms with Gasteiger partial charge in [-0.15, -0.1) is 0 Å². The molecule has 0 saturated heterocycles. The summed E-state index contributed by atoms with van der Waals surface area (Å²) in [6.07, 6.45) is 5.86. The zero-order valence-corrected chi connectivity index (χ0v) is 12.4. The van der Waals surface area contributed by atoms with Crippen molar-refractivity contribution in [3.63, 3.8) is 0 Å². The molecule has 2 aromatic rings. The quantitative estimate of drug-likeness (QED) is 0.934. The predicted octanol–water partition coefficient (Wildman–Crippen LogP) is 1.90. The lowest BCUT2D eigenvalue weighted by atomic mass is 9.87. The number of hydrogen-bond donors (Lipinski definition) is 1. The summed E-state index contributed by atoms with van der Waals surface area (Å²) in [6.45, 7) is 2.06. The Morgan fingerprint density at radius 3 is 2.91 bits per heavy atom. The number of aliphatic hydroxyl groups excluding tert-OH is 1. The molecule has 1 aliphatic heterocycles. The van der Waals surface area contributed by atoms with Gasteiger partial charge < -0.3 is 14.7 Å². The lowest BCUT2D eigenvalue weighted by molar-refractivity contribution is 0.196. The molecule has 1 aliphatic carbocycles. The highest BCUT2D eigenvalue weighted by Crippen LogP contribution is 2.52. The molecule has 1 saturated carbocycles. The van der Waals surface area contributed by atoms with Crippen LogP contribution in [0.15, 0.2) is 36.7 Å². The van der Waals surface area contributed by atoms with Crippen molar-refractivity contribution in [3.05, 3.63) is 47.8 Å². The van der Waals surface area contributed by atoms with Crippen molar-refractivity contribution in [1.29, 1.82) is 0 Å². The van der Waals surface area contributed by atoms with Gasteiger partial charge in [0.25, 0.3) is 0 Å². The monoisotopic (exact) mass is 297 g/mol. The van der Waals surface area contributed by atoms with E-state index in [9.17, 15) is 0 Å². The summed E-state index contributed by atoms with van der Waals surface area (Å²) >= 11 is 0. The van der Waals surface area contributed by atoms with Crippen LogP contribution in [0.25, 0.3) is 0 Å². The SMILES string of the molecule is OCCOc1cncc(N2Cc3ccccc3C3(CC3)C2)n1. The van der Waals surface area contributed by atoms with Gasteiger partial charge >= 0.3 is 0 Å². The molecule has 1 fully saturated rings. The Kier molecular flexibility index (Phi) is 3.22. The van der Waals surface area contributed by atoms with Gasteiger partial charge in [0.15, 0.2) is 5.82 Å². The van der Waals surface area contributed by atoms with E-state index < -0.39 is 0 Å². The van der Waals surface area contributed by atoms with Crippen LogP contribution in [0.3, 0.4) is 0 Å². The molecule has 0 amide bonds. The maximum absolute atomic E-state index is 8.85. The molecule has 0 radical (unpaired) electrons. The predicted molar refractivity (Wildman–Crippen MR) is 83.0 cm³/mol. The van der Waals surface area contributed by atoms with Crippen LogP contribution in [0.1, 0.15) is 24.0 Å². The van der Waals surface area contributed by atoms with Gasteiger partial charge in [0, 0.05) is 18.5 Å². The van der Waals surface area contributed by atoms with E-state index in [1.807, 2.05) is 0 Å². The fourth-order valence-corrected chi connectivity index (χ4v) is 3.34. The number of rotatable bonds is 4. The average molecular weight is 297 g/mol. The average Bonchev–Trinajstić information content (AvgIpc) is 3.33. The highest BCUT2D eigenvalue weighted by molar-refractivity contribution is 5.50. The second-order valence-corrected chi connectivity index (χ2v) is 6.08. The molecule has 0 atom stereocenters. The molecule has 1 N–H and O–H groups in total. The molecule has 22 heavy (non-hydrogen) atoms. The molecule has 1 spiro atoms. The normalized spacial score (nSPS) is 18.1. The molecule has 5 heteroatoms. The van der Waals surface area contributed by atoms with E-state index in [1.165, 1.54) is 24.0 Å². The van der Waals surface area contributed by atoms with E-state index >= 15 is 0 Å². The largest absolute Gasteiger partial charge is 0.474 e. The van der Waals surface area contributed by atoms with Crippen molar-refractivity contribution in [2.24, 2.45) is 0 Å². The van der Waals surface area contributed by atoms with Crippen molar-refractivity contribution >= 4 is 5.82 Å². The van der Waals surface area contributed by atoms with E-state index in [1.54, 1.807) is 12.4 Å². The molecule has 114 valence electrons. The van der Waals surface area contributed by atoms with Crippen molar-refractivity contribution in [2.45, 2.75) is 24.8 Å². The minimum absolute atomic E-state index is 0.0217. The number of aliphatic hydroxyl groups is 1. The lowest BCUT2D eigenvalue weighted by Crippen LogP contribution is -2.38. The number of benzene rings is 1. The topological polar surface area (TPSA) is 58.5 Å². The third-order valence-electron chi connectivity index (χ3n) is 4.56. The molecule has 4 rings (SSSR count). The molecule has 5 nitrogen and oxygen atoms in total. The first kappa shape index (κ1) is 13.5. The first-order chi connectivity index (χ1) is 10.8. The fourth-order valence-electron chi connectivity index (χ4n) is 3.34. The maximum atomic E-state index is 8.85. The fraction of sp³-hybridized carbons (Fsp3) is 0.412. The molecule has 0 unspecified atom stereocenters. The Balaban J connectivity index is 1.62. The molecule has 1 aromatic carbocycles. The van der Waals surface area contributed by atoms with Crippen LogP contribution in [0.4, 0.5) is 5.82 Å². The Labute approximate surface area is 129 Å². The summed E-state index contributed by atoms with van der Waals surface area (Å²) in [6, 6.07) is 8.72. The summed E-state index contributed by atoms with van der Waals surface area (Å²) in [5, 5.41) is 8.85. The zero-order valence-electron chi connectivity index (χ0n) is 12.4. The van der Waals surface area contributed by atoms with Crippen LogP contribution in [-0.2, 0) is 12.0 Å². The Morgan fingerprint density at radius 1 is 1.23 bits per heavy atom. The maximum Gasteiger partial charge on any atom is 0.234 e. The highest BCUT2D eigenvalue weighted by atomic mass is 16.5. The summed E-state index contributed by atoms with van der Waals surface area (Å²) in [5.74, 6) is 1.31. The van der Waals surface area contributed by atoms with Crippen molar-refractivity contribution in [2.75, 3.05) is 24.7 Å². The third-order valence-corrected chi connectivity index (χ3v) is 4.56. The Bertz CT molecular complexity index is 685. The van der Waals surface area contributed by atoms with Crippen LogP contribution in [0, 0.1) is 0 Å².